The Morgan fingerprint density at radius 1 is 1.48 bits per heavy atom. The molecule has 1 heterocycles. The number of thioether (sulfide) groups is 1. The summed E-state index contributed by atoms with van der Waals surface area (Å²) in [4.78, 5) is 12.4. The van der Waals surface area contributed by atoms with E-state index < -0.39 is 0 Å². The number of aliphatic hydroxyl groups is 1. The molecule has 0 unspecified atom stereocenters. The number of aromatic nitrogens is 2. The van der Waals surface area contributed by atoms with Crippen molar-refractivity contribution in [3.05, 3.63) is 21.0 Å². The van der Waals surface area contributed by atoms with Crippen molar-refractivity contribution in [1.82, 2.24) is 9.78 Å². The van der Waals surface area contributed by atoms with E-state index in [1.807, 2.05) is 0 Å². The maximum Gasteiger partial charge on any atom is 0.291 e. The van der Waals surface area contributed by atoms with E-state index in [0.29, 0.717) is 11.6 Å². The van der Waals surface area contributed by atoms with Gasteiger partial charge >= 0.3 is 0 Å². The van der Waals surface area contributed by atoms with Crippen LogP contribution >= 0.6 is 27.7 Å². The molecule has 5 nitrogen and oxygen atoms in total. The first-order valence-electron chi connectivity index (χ1n) is 7.40. The largest absolute Gasteiger partial charge is 0.396 e. The van der Waals surface area contributed by atoms with Gasteiger partial charge in [-0.15, -0.1) is 0 Å². The molecule has 0 atom stereocenters. The van der Waals surface area contributed by atoms with Crippen LogP contribution in [-0.2, 0) is 6.54 Å². The number of nitrogens with one attached hydrogen (secondary N) is 1. The molecule has 118 valence electrons. The molecule has 21 heavy (non-hydrogen) atoms. The Labute approximate surface area is 137 Å². The van der Waals surface area contributed by atoms with Crippen LogP contribution in [0.5, 0.6) is 0 Å². The van der Waals surface area contributed by atoms with Crippen molar-refractivity contribution in [2.24, 2.45) is 5.92 Å². The Hall–Kier alpha value is -0.530. The summed E-state index contributed by atoms with van der Waals surface area (Å²) < 4.78 is 2.30. The van der Waals surface area contributed by atoms with Crippen LogP contribution in [0.3, 0.4) is 0 Å². The van der Waals surface area contributed by atoms with Crippen molar-refractivity contribution < 1.29 is 5.11 Å². The van der Waals surface area contributed by atoms with Crippen LogP contribution in [-0.4, -0.2) is 39.5 Å². The first-order chi connectivity index (χ1) is 10.2. The lowest BCUT2D eigenvalue weighted by molar-refractivity contribution is 0.262. The predicted octanol–water partition coefficient (Wildman–Crippen LogP) is 2.33. The van der Waals surface area contributed by atoms with Crippen molar-refractivity contribution >= 4 is 33.4 Å². The minimum absolute atomic E-state index is 0.0448. The zero-order valence-electron chi connectivity index (χ0n) is 12.1. The molecule has 2 rings (SSSR count). The van der Waals surface area contributed by atoms with E-state index in [2.05, 4.69) is 26.3 Å². The molecule has 1 aliphatic carbocycles. The number of aliphatic hydroxyl groups excluding tert-OH is 1. The van der Waals surface area contributed by atoms with Gasteiger partial charge in [0.25, 0.3) is 5.56 Å². The topological polar surface area (TPSA) is 67.2 Å². The standard InChI is InChI=1S/C14H22BrN3O2S/c15-12-9-17-18(10-11-3-1-4-11)14(20)13(12)16-5-8-21-7-2-6-19/h9,11,16,19H,1-8,10H2. The van der Waals surface area contributed by atoms with E-state index in [1.165, 1.54) is 19.3 Å². The highest BCUT2D eigenvalue weighted by molar-refractivity contribution is 9.10. The molecule has 7 heteroatoms. The van der Waals surface area contributed by atoms with Gasteiger partial charge < -0.3 is 10.4 Å². The third-order valence-corrected chi connectivity index (χ3v) is 5.32. The van der Waals surface area contributed by atoms with Crippen molar-refractivity contribution in [2.75, 3.05) is 30.0 Å². The number of hydrogen-bond acceptors (Lipinski definition) is 5. The maximum absolute atomic E-state index is 12.4. The number of nitrogens with zero attached hydrogens (tertiary/aromatic N) is 2. The summed E-state index contributed by atoms with van der Waals surface area (Å²) in [5.41, 5.74) is 0.559. The van der Waals surface area contributed by atoms with Crippen molar-refractivity contribution in [3.63, 3.8) is 0 Å². The van der Waals surface area contributed by atoms with Crippen LogP contribution in [0, 0.1) is 5.92 Å². The van der Waals surface area contributed by atoms with Gasteiger partial charge in [-0.3, -0.25) is 4.79 Å². The maximum atomic E-state index is 12.4. The zero-order valence-corrected chi connectivity index (χ0v) is 14.5. The van der Waals surface area contributed by atoms with Crippen LogP contribution in [0.25, 0.3) is 0 Å². The summed E-state index contributed by atoms with van der Waals surface area (Å²) in [6.07, 6.45) is 6.19. The Bertz CT molecular complexity index is 505. The van der Waals surface area contributed by atoms with Gasteiger partial charge in [-0.25, -0.2) is 4.68 Å². The van der Waals surface area contributed by atoms with E-state index in [0.717, 1.165) is 35.5 Å². The molecule has 0 amide bonds. The molecule has 0 radical (unpaired) electrons. The Kier molecular flexibility index (Phi) is 7.06. The second-order valence-electron chi connectivity index (χ2n) is 5.27. The Balaban J connectivity index is 1.88. The fraction of sp³-hybridized carbons (Fsp3) is 0.714. The molecule has 0 saturated heterocycles. The smallest absolute Gasteiger partial charge is 0.291 e. The molecule has 1 fully saturated rings. The van der Waals surface area contributed by atoms with E-state index in [9.17, 15) is 4.79 Å². The van der Waals surface area contributed by atoms with Gasteiger partial charge in [-0.05, 0) is 46.9 Å². The minimum atomic E-state index is -0.0448. The summed E-state index contributed by atoms with van der Waals surface area (Å²) >= 11 is 5.17. The molecule has 0 spiro atoms. The third-order valence-electron chi connectivity index (χ3n) is 3.65. The van der Waals surface area contributed by atoms with Gasteiger partial charge in [0.15, 0.2) is 0 Å². The van der Waals surface area contributed by atoms with Gasteiger partial charge in [0.05, 0.1) is 10.7 Å². The predicted molar refractivity (Wildman–Crippen MR) is 91.1 cm³/mol. The highest BCUT2D eigenvalue weighted by Gasteiger charge is 2.20. The molecule has 2 N–H and O–H groups in total. The van der Waals surface area contributed by atoms with Gasteiger partial charge in [-0.2, -0.15) is 16.9 Å². The molecule has 0 bridgehead atoms. The average molecular weight is 376 g/mol. The highest BCUT2D eigenvalue weighted by Crippen LogP contribution is 2.27. The third kappa shape index (κ3) is 5.00. The first kappa shape index (κ1) is 16.8. The second kappa shape index (κ2) is 8.80. The Morgan fingerprint density at radius 3 is 2.95 bits per heavy atom. The van der Waals surface area contributed by atoms with Crippen molar-refractivity contribution in [2.45, 2.75) is 32.2 Å². The number of rotatable bonds is 9. The minimum Gasteiger partial charge on any atom is -0.396 e. The van der Waals surface area contributed by atoms with Crippen molar-refractivity contribution in [3.8, 4) is 0 Å². The van der Waals surface area contributed by atoms with E-state index >= 15 is 0 Å². The lowest BCUT2D eigenvalue weighted by Crippen LogP contribution is -2.31. The summed E-state index contributed by atoms with van der Waals surface area (Å²) in [6.45, 7) is 1.70. The van der Waals surface area contributed by atoms with Crippen LogP contribution in [0.1, 0.15) is 25.7 Å². The summed E-state index contributed by atoms with van der Waals surface area (Å²) in [7, 11) is 0. The molecular formula is C14H22BrN3O2S. The number of anilines is 1. The first-order valence-corrected chi connectivity index (χ1v) is 9.35. The number of halogens is 1. The van der Waals surface area contributed by atoms with Gasteiger partial charge in [0, 0.05) is 25.4 Å². The fourth-order valence-corrected chi connectivity index (χ4v) is 3.38. The molecular weight excluding hydrogens is 354 g/mol. The van der Waals surface area contributed by atoms with Crippen molar-refractivity contribution in [1.29, 1.82) is 0 Å². The normalized spacial score (nSPS) is 15.0. The second-order valence-corrected chi connectivity index (χ2v) is 7.35. The molecule has 1 aliphatic rings. The van der Waals surface area contributed by atoms with Crippen LogP contribution in [0.2, 0.25) is 0 Å². The summed E-state index contributed by atoms with van der Waals surface area (Å²) in [6, 6.07) is 0. The monoisotopic (exact) mass is 375 g/mol. The average Bonchev–Trinajstić information content (AvgIpc) is 2.43. The van der Waals surface area contributed by atoms with Gasteiger partial charge in [0.2, 0.25) is 0 Å². The number of hydrogen-bond donors (Lipinski definition) is 2. The quantitative estimate of drug-likeness (QED) is 0.648. The van der Waals surface area contributed by atoms with E-state index in [1.54, 1.807) is 22.6 Å². The molecule has 1 aromatic rings. The summed E-state index contributed by atoms with van der Waals surface area (Å²) in [5, 5.41) is 16.1. The van der Waals surface area contributed by atoms with Gasteiger partial charge in [0.1, 0.15) is 5.69 Å². The fourth-order valence-electron chi connectivity index (χ4n) is 2.20. The molecule has 0 aliphatic heterocycles. The van der Waals surface area contributed by atoms with Crippen LogP contribution in [0.15, 0.2) is 15.5 Å². The van der Waals surface area contributed by atoms with Crippen LogP contribution < -0.4 is 10.9 Å². The van der Waals surface area contributed by atoms with E-state index in [4.69, 9.17) is 5.11 Å². The van der Waals surface area contributed by atoms with Gasteiger partial charge in [-0.1, -0.05) is 6.42 Å². The van der Waals surface area contributed by atoms with Crippen LogP contribution in [0.4, 0.5) is 5.69 Å². The zero-order chi connectivity index (χ0) is 15.1. The SMILES string of the molecule is O=c1c(NCCSCCCO)c(Br)cnn1CC1CCC1. The lowest BCUT2D eigenvalue weighted by atomic mass is 9.85. The highest BCUT2D eigenvalue weighted by atomic mass is 79.9. The molecule has 1 aromatic heterocycles. The Morgan fingerprint density at radius 2 is 2.29 bits per heavy atom. The summed E-state index contributed by atoms with van der Waals surface area (Å²) in [5.74, 6) is 2.47. The molecule has 1 saturated carbocycles. The molecule has 0 aromatic carbocycles. The van der Waals surface area contributed by atoms with E-state index in [-0.39, 0.29) is 12.2 Å². The lowest BCUT2D eigenvalue weighted by Gasteiger charge is -2.25.